The Morgan fingerprint density at radius 3 is 2.73 bits per heavy atom. The number of para-hydroxylation sites is 1. The molecule has 3 aliphatic rings. The molecule has 1 spiro atoms. The van der Waals surface area contributed by atoms with E-state index < -0.39 is 18.2 Å². The molecule has 1 aliphatic heterocycles. The summed E-state index contributed by atoms with van der Waals surface area (Å²) < 4.78 is 13.3. The normalized spacial score (nSPS) is 24.0. The van der Waals surface area contributed by atoms with Crippen LogP contribution in [0, 0.1) is 0 Å². The van der Waals surface area contributed by atoms with Crippen LogP contribution in [0.15, 0.2) is 54.6 Å². The first-order valence-electron chi connectivity index (χ1n) is 12.6. The second kappa shape index (κ2) is 9.64. The quantitative estimate of drug-likeness (QED) is 0.457. The number of fused-ring (bicyclic) bond motifs is 2. The van der Waals surface area contributed by atoms with Gasteiger partial charge in [-0.05, 0) is 43.1 Å². The lowest BCUT2D eigenvalue weighted by molar-refractivity contribution is -0.0410. The number of carbonyl (C=O) groups excluding carboxylic acids is 1. The topological polar surface area (TPSA) is 101 Å². The van der Waals surface area contributed by atoms with Crippen LogP contribution in [0.25, 0.3) is 5.69 Å². The van der Waals surface area contributed by atoms with Gasteiger partial charge in [0, 0.05) is 18.5 Å². The van der Waals surface area contributed by atoms with Crippen molar-refractivity contribution in [2.24, 2.45) is 0 Å². The summed E-state index contributed by atoms with van der Waals surface area (Å²) in [6.07, 6.45) is 1.05. The van der Waals surface area contributed by atoms with E-state index in [0.717, 1.165) is 37.1 Å². The van der Waals surface area contributed by atoms with Crippen molar-refractivity contribution in [1.29, 1.82) is 0 Å². The zero-order valence-electron chi connectivity index (χ0n) is 20.6. The SMILES string of the molecule is CN1CCO[C@@H](COc2nn(-c3ccccc3)c(NC(=O)N[C@@H]3c4ccccc4C4(CC4)[C@H]3O)c2Cl)C1. The standard InChI is InChI=1S/C27H30ClN5O4/c1-32-13-14-36-18(15-32)16-37-25-21(28)24(33(31-25)17-7-3-2-4-8-17)30-26(35)29-22-19-9-5-6-10-20(19)27(11-12-27)23(22)34/h2-10,18,22-23,34H,11-16H2,1H3,(H2,29,30,35)/t18-,22-,23+/m1/s1. The number of halogens is 1. The van der Waals surface area contributed by atoms with Crippen molar-refractivity contribution >= 4 is 23.4 Å². The van der Waals surface area contributed by atoms with Crippen molar-refractivity contribution in [3.63, 3.8) is 0 Å². The van der Waals surface area contributed by atoms with Crippen LogP contribution in [0.2, 0.25) is 5.02 Å². The molecular formula is C27H30ClN5O4. The average Bonchev–Trinajstić information content (AvgIpc) is 3.62. The fourth-order valence-electron chi connectivity index (χ4n) is 5.49. The van der Waals surface area contributed by atoms with Gasteiger partial charge in [0.25, 0.3) is 5.88 Å². The number of ether oxygens (including phenoxy) is 2. The molecule has 2 aromatic carbocycles. The monoisotopic (exact) mass is 523 g/mol. The highest BCUT2D eigenvalue weighted by Gasteiger charge is 2.59. The summed E-state index contributed by atoms with van der Waals surface area (Å²) in [4.78, 5) is 15.4. The summed E-state index contributed by atoms with van der Waals surface area (Å²) in [6, 6.07) is 16.3. The average molecular weight is 524 g/mol. The van der Waals surface area contributed by atoms with Crippen molar-refractivity contribution in [2.45, 2.75) is 36.5 Å². The second-order valence-electron chi connectivity index (χ2n) is 10.0. The van der Waals surface area contributed by atoms with Gasteiger partial charge in [-0.3, -0.25) is 5.32 Å². The molecule has 3 N–H and O–H groups in total. The Kier molecular flexibility index (Phi) is 6.32. The molecule has 0 bridgehead atoms. The van der Waals surface area contributed by atoms with Crippen molar-refractivity contribution < 1.29 is 19.4 Å². The predicted octanol–water partition coefficient (Wildman–Crippen LogP) is 3.50. The van der Waals surface area contributed by atoms with E-state index in [9.17, 15) is 9.90 Å². The van der Waals surface area contributed by atoms with Crippen molar-refractivity contribution in [1.82, 2.24) is 20.0 Å². The number of benzene rings is 2. The van der Waals surface area contributed by atoms with Gasteiger partial charge in [0.05, 0.1) is 24.4 Å². The van der Waals surface area contributed by atoms with E-state index in [4.69, 9.17) is 21.1 Å². The number of hydrogen-bond acceptors (Lipinski definition) is 6. The molecule has 2 heterocycles. The number of nitrogens with one attached hydrogen (secondary N) is 2. The third-order valence-electron chi connectivity index (χ3n) is 7.57. The van der Waals surface area contributed by atoms with Crippen LogP contribution in [0.4, 0.5) is 10.6 Å². The predicted molar refractivity (Wildman–Crippen MR) is 140 cm³/mol. The fourth-order valence-corrected chi connectivity index (χ4v) is 5.71. The maximum atomic E-state index is 13.2. The summed E-state index contributed by atoms with van der Waals surface area (Å²) in [5, 5.41) is 21.7. The highest BCUT2D eigenvalue weighted by atomic mass is 35.5. The number of anilines is 1. The van der Waals surface area contributed by atoms with E-state index in [0.29, 0.717) is 12.3 Å². The second-order valence-corrected chi connectivity index (χ2v) is 10.4. The van der Waals surface area contributed by atoms with Crippen molar-refractivity contribution in [3.05, 3.63) is 70.7 Å². The number of amides is 2. The van der Waals surface area contributed by atoms with Crippen LogP contribution < -0.4 is 15.4 Å². The lowest BCUT2D eigenvalue weighted by Gasteiger charge is -2.29. The number of morpholine rings is 1. The van der Waals surface area contributed by atoms with Gasteiger partial charge in [-0.1, -0.05) is 54.1 Å². The molecule has 2 amide bonds. The zero-order chi connectivity index (χ0) is 25.6. The zero-order valence-corrected chi connectivity index (χ0v) is 21.3. The smallest absolute Gasteiger partial charge is 0.321 e. The maximum Gasteiger partial charge on any atom is 0.321 e. The molecular weight excluding hydrogens is 494 g/mol. The Labute approximate surface area is 220 Å². The van der Waals surface area contributed by atoms with Crippen LogP contribution >= 0.6 is 11.6 Å². The fraction of sp³-hybridized carbons (Fsp3) is 0.407. The molecule has 2 fully saturated rings. The van der Waals surface area contributed by atoms with Crippen molar-refractivity contribution in [3.8, 4) is 11.6 Å². The van der Waals surface area contributed by atoms with Crippen LogP contribution in [0.1, 0.15) is 30.0 Å². The molecule has 0 radical (unpaired) electrons. The first kappa shape index (κ1) is 24.2. The van der Waals surface area contributed by atoms with Gasteiger partial charge >= 0.3 is 6.03 Å². The van der Waals surface area contributed by atoms with Gasteiger partial charge in [-0.25, -0.2) is 9.48 Å². The molecule has 194 valence electrons. The number of likely N-dealkylation sites (N-methyl/N-ethyl adjacent to an activating group) is 1. The van der Waals surface area contributed by atoms with Gasteiger partial charge in [-0.2, -0.15) is 0 Å². The number of carbonyl (C=O) groups is 1. The Bertz CT molecular complexity index is 1300. The van der Waals surface area contributed by atoms with Crippen molar-refractivity contribution in [2.75, 3.05) is 38.7 Å². The highest BCUT2D eigenvalue weighted by Crippen LogP contribution is 2.59. The van der Waals surface area contributed by atoms with E-state index in [1.807, 2.05) is 61.6 Å². The summed E-state index contributed by atoms with van der Waals surface area (Å²) in [5.74, 6) is 0.491. The van der Waals surface area contributed by atoms with Gasteiger partial charge < -0.3 is 24.8 Å². The Hall–Kier alpha value is -3.11. The molecule has 9 nitrogen and oxygen atoms in total. The molecule has 2 aliphatic carbocycles. The summed E-state index contributed by atoms with van der Waals surface area (Å²) >= 11 is 6.70. The largest absolute Gasteiger partial charge is 0.473 e. The molecule has 10 heteroatoms. The molecule has 6 rings (SSSR count). The van der Waals surface area contributed by atoms with Crippen LogP contribution in [0.3, 0.4) is 0 Å². The number of rotatable bonds is 6. The molecule has 1 aromatic heterocycles. The lowest BCUT2D eigenvalue weighted by atomic mass is 9.97. The molecule has 3 atom stereocenters. The number of aromatic nitrogens is 2. The van der Waals surface area contributed by atoms with E-state index in [1.165, 1.54) is 0 Å². The van der Waals surface area contributed by atoms with Gasteiger partial charge in [0.15, 0.2) is 5.82 Å². The minimum Gasteiger partial charge on any atom is -0.473 e. The third kappa shape index (κ3) is 4.46. The maximum absolute atomic E-state index is 13.2. The minimum absolute atomic E-state index is 0.102. The first-order chi connectivity index (χ1) is 18.0. The van der Waals surface area contributed by atoms with E-state index >= 15 is 0 Å². The number of nitrogens with zero attached hydrogens (tertiary/aromatic N) is 3. The van der Waals surface area contributed by atoms with Crippen LogP contribution in [-0.4, -0.2) is 71.4 Å². The third-order valence-corrected chi connectivity index (χ3v) is 7.91. The summed E-state index contributed by atoms with van der Waals surface area (Å²) in [7, 11) is 2.04. The molecule has 1 saturated heterocycles. The number of aliphatic hydroxyl groups is 1. The van der Waals surface area contributed by atoms with E-state index in [-0.39, 0.29) is 34.8 Å². The Morgan fingerprint density at radius 2 is 1.97 bits per heavy atom. The lowest BCUT2D eigenvalue weighted by Crippen LogP contribution is -2.42. The molecule has 37 heavy (non-hydrogen) atoms. The minimum atomic E-state index is -0.683. The van der Waals surface area contributed by atoms with Crippen LogP contribution in [0.5, 0.6) is 5.88 Å². The molecule has 3 aromatic rings. The van der Waals surface area contributed by atoms with E-state index in [2.05, 4.69) is 20.6 Å². The number of urea groups is 1. The van der Waals surface area contributed by atoms with Gasteiger partial charge in [0.2, 0.25) is 0 Å². The van der Waals surface area contributed by atoms with Gasteiger partial charge in [0.1, 0.15) is 17.7 Å². The number of hydrogen-bond donors (Lipinski definition) is 3. The Morgan fingerprint density at radius 1 is 1.22 bits per heavy atom. The van der Waals surface area contributed by atoms with Crippen LogP contribution in [-0.2, 0) is 10.2 Å². The molecule has 1 saturated carbocycles. The van der Waals surface area contributed by atoms with E-state index in [1.54, 1.807) is 4.68 Å². The van der Waals surface area contributed by atoms with Gasteiger partial charge in [-0.15, -0.1) is 5.10 Å². The first-order valence-corrected chi connectivity index (χ1v) is 13.0. The number of aliphatic hydroxyl groups excluding tert-OH is 1. The summed E-state index contributed by atoms with van der Waals surface area (Å²) in [5.41, 5.74) is 2.53. The molecule has 0 unspecified atom stereocenters. The Balaban J connectivity index is 1.23. The summed E-state index contributed by atoms with van der Waals surface area (Å²) in [6.45, 7) is 2.55. The highest BCUT2D eigenvalue weighted by molar-refractivity contribution is 6.34.